The first-order valence-electron chi connectivity index (χ1n) is 8.44. The van der Waals surface area contributed by atoms with Crippen molar-refractivity contribution in [2.75, 3.05) is 6.54 Å². The summed E-state index contributed by atoms with van der Waals surface area (Å²) in [5, 5.41) is 10.3. The number of hydrogen-bond donors (Lipinski definition) is 3. The van der Waals surface area contributed by atoms with Gasteiger partial charge in [0.25, 0.3) is 0 Å². The van der Waals surface area contributed by atoms with Crippen LogP contribution in [0.15, 0.2) is 65.3 Å². The number of furan rings is 1. The molecule has 1 atom stereocenters. The van der Waals surface area contributed by atoms with Gasteiger partial charge in [0, 0.05) is 6.04 Å². The van der Waals surface area contributed by atoms with E-state index in [0.29, 0.717) is 5.76 Å². The van der Waals surface area contributed by atoms with E-state index in [4.69, 9.17) is 4.42 Å². The average Bonchev–Trinajstić information content (AvgIpc) is 3.17. The fourth-order valence-electron chi connectivity index (χ4n) is 2.78. The van der Waals surface area contributed by atoms with Crippen LogP contribution in [-0.4, -0.2) is 18.5 Å². The minimum Gasteiger partial charge on any atom is -0.467 e. The summed E-state index contributed by atoms with van der Waals surface area (Å²) in [6, 6.07) is 17.1. The number of benzene rings is 2. The number of urea groups is 1. The first kappa shape index (κ1) is 17.7. The summed E-state index contributed by atoms with van der Waals surface area (Å²) in [5.74, 6) is 0.226. The Morgan fingerprint density at radius 1 is 1.04 bits per heavy atom. The number of fused-ring (bicyclic) bond motifs is 1. The molecule has 3 amide bonds. The number of carbonyl (C=O) groups excluding carboxylic acids is 2. The molecule has 0 fully saturated rings. The Kier molecular flexibility index (Phi) is 5.66. The third-order valence-corrected chi connectivity index (χ3v) is 4.11. The largest absolute Gasteiger partial charge is 0.467 e. The summed E-state index contributed by atoms with van der Waals surface area (Å²) in [6.45, 7) is 2.26. The van der Waals surface area contributed by atoms with Crippen molar-refractivity contribution in [2.45, 2.75) is 19.5 Å². The standard InChI is InChI=1S/C20H21N3O3/c1-14(17-10-4-7-15-6-2-3-9-18(15)17)21-13-19(24)23-20(25)22-12-16-8-5-11-26-16/h2-11,14,21H,12-13H2,1H3,(H2,22,23,24,25)/t14-/m1/s1. The monoisotopic (exact) mass is 351 g/mol. The van der Waals surface area contributed by atoms with Gasteiger partial charge in [-0.05, 0) is 35.4 Å². The van der Waals surface area contributed by atoms with Crippen molar-refractivity contribution in [3.63, 3.8) is 0 Å². The highest BCUT2D eigenvalue weighted by atomic mass is 16.3. The van der Waals surface area contributed by atoms with Crippen LogP contribution in [-0.2, 0) is 11.3 Å². The minimum absolute atomic E-state index is 0.0296. The Morgan fingerprint density at radius 3 is 2.65 bits per heavy atom. The average molecular weight is 351 g/mol. The molecule has 1 heterocycles. The highest BCUT2D eigenvalue weighted by molar-refractivity contribution is 5.95. The molecule has 3 rings (SSSR count). The Balaban J connectivity index is 1.49. The van der Waals surface area contributed by atoms with Crippen molar-refractivity contribution < 1.29 is 14.0 Å². The maximum Gasteiger partial charge on any atom is 0.321 e. The zero-order valence-electron chi connectivity index (χ0n) is 14.5. The van der Waals surface area contributed by atoms with E-state index in [0.717, 1.165) is 16.3 Å². The van der Waals surface area contributed by atoms with Gasteiger partial charge in [-0.25, -0.2) is 4.79 Å². The maximum atomic E-state index is 12.0. The van der Waals surface area contributed by atoms with Crippen molar-refractivity contribution in [2.24, 2.45) is 0 Å². The van der Waals surface area contributed by atoms with E-state index in [1.165, 1.54) is 6.26 Å². The Bertz CT molecular complexity index is 885. The van der Waals surface area contributed by atoms with Crippen molar-refractivity contribution >= 4 is 22.7 Å². The van der Waals surface area contributed by atoms with E-state index in [1.54, 1.807) is 12.1 Å². The van der Waals surface area contributed by atoms with Gasteiger partial charge in [-0.2, -0.15) is 0 Å². The molecule has 0 spiro atoms. The lowest BCUT2D eigenvalue weighted by Crippen LogP contribution is -2.43. The van der Waals surface area contributed by atoms with E-state index in [-0.39, 0.29) is 19.1 Å². The smallest absolute Gasteiger partial charge is 0.321 e. The molecule has 134 valence electrons. The van der Waals surface area contributed by atoms with Gasteiger partial charge < -0.3 is 15.1 Å². The molecule has 0 aliphatic heterocycles. The van der Waals surface area contributed by atoms with Gasteiger partial charge in [0.1, 0.15) is 5.76 Å². The molecule has 0 saturated carbocycles. The summed E-state index contributed by atoms with van der Waals surface area (Å²) >= 11 is 0. The van der Waals surface area contributed by atoms with E-state index in [9.17, 15) is 9.59 Å². The van der Waals surface area contributed by atoms with Crippen LogP contribution in [0.3, 0.4) is 0 Å². The molecule has 6 nitrogen and oxygen atoms in total. The molecule has 3 aromatic rings. The highest BCUT2D eigenvalue weighted by Gasteiger charge is 2.12. The molecule has 0 bridgehead atoms. The van der Waals surface area contributed by atoms with Gasteiger partial charge in [-0.15, -0.1) is 0 Å². The van der Waals surface area contributed by atoms with Crippen molar-refractivity contribution in [1.29, 1.82) is 0 Å². The number of nitrogens with one attached hydrogen (secondary N) is 3. The summed E-state index contributed by atoms with van der Waals surface area (Å²) in [7, 11) is 0. The van der Waals surface area contributed by atoms with E-state index in [1.807, 2.05) is 31.2 Å². The second-order valence-corrected chi connectivity index (χ2v) is 5.98. The summed E-state index contributed by atoms with van der Waals surface area (Å²) in [6.07, 6.45) is 1.53. The molecule has 1 aromatic heterocycles. The molecule has 6 heteroatoms. The molecule has 3 N–H and O–H groups in total. The van der Waals surface area contributed by atoms with Crippen molar-refractivity contribution in [1.82, 2.24) is 16.0 Å². The van der Waals surface area contributed by atoms with Gasteiger partial charge in [0.05, 0.1) is 19.4 Å². The molecular formula is C20H21N3O3. The van der Waals surface area contributed by atoms with E-state index >= 15 is 0 Å². The van der Waals surface area contributed by atoms with Crippen LogP contribution < -0.4 is 16.0 Å². The summed E-state index contributed by atoms with van der Waals surface area (Å²) in [4.78, 5) is 23.7. The Morgan fingerprint density at radius 2 is 1.85 bits per heavy atom. The minimum atomic E-state index is -0.550. The maximum absolute atomic E-state index is 12.0. The molecule has 0 saturated heterocycles. The Hall–Kier alpha value is -3.12. The van der Waals surface area contributed by atoms with Crippen LogP contribution in [0.1, 0.15) is 24.3 Å². The van der Waals surface area contributed by atoms with E-state index < -0.39 is 11.9 Å². The number of hydrogen-bond acceptors (Lipinski definition) is 4. The fraction of sp³-hybridized carbons (Fsp3) is 0.200. The molecule has 2 aromatic carbocycles. The van der Waals surface area contributed by atoms with Gasteiger partial charge in [-0.1, -0.05) is 42.5 Å². The summed E-state index contributed by atoms with van der Waals surface area (Å²) in [5.41, 5.74) is 1.11. The molecule has 26 heavy (non-hydrogen) atoms. The van der Waals surface area contributed by atoms with Crippen LogP contribution in [0.5, 0.6) is 0 Å². The first-order chi connectivity index (χ1) is 12.6. The predicted molar refractivity (Wildman–Crippen MR) is 99.5 cm³/mol. The Labute approximate surface area is 151 Å². The molecule has 0 aliphatic carbocycles. The lowest BCUT2D eigenvalue weighted by molar-refractivity contribution is -0.119. The third kappa shape index (κ3) is 4.49. The number of carbonyl (C=O) groups is 2. The zero-order chi connectivity index (χ0) is 18.4. The van der Waals surface area contributed by atoms with Gasteiger partial charge >= 0.3 is 6.03 Å². The predicted octanol–water partition coefficient (Wildman–Crippen LogP) is 3.11. The van der Waals surface area contributed by atoms with Gasteiger partial charge in [0.2, 0.25) is 5.91 Å². The number of rotatable bonds is 6. The highest BCUT2D eigenvalue weighted by Crippen LogP contribution is 2.23. The van der Waals surface area contributed by atoms with Crippen molar-refractivity contribution in [3.05, 3.63) is 72.2 Å². The van der Waals surface area contributed by atoms with Crippen LogP contribution in [0.25, 0.3) is 10.8 Å². The number of imide groups is 1. The van der Waals surface area contributed by atoms with Crippen LogP contribution in [0.2, 0.25) is 0 Å². The van der Waals surface area contributed by atoms with Gasteiger partial charge in [-0.3, -0.25) is 10.1 Å². The third-order valence-electron chi connectivity index (χ3n) is 4.11. The van der Waals surface area contributed by atoms with Gasteiger partial charge in [0.15, 0.2) is 0 Å². The van der Waals surface area contributed by atoms with Crippen LogP contribution in [0, 0.1) is 0 Å². The normalized spacial score (nSPS) is 11.9. The number of amides is 3. The fourth-order valence-corrected chi connectivity index (χ4v) is 2.78. The zero-order valence-corrected chi connectivity index (χ0v) is 14.5. The second kappa shape index (κ2) is 8.31. The molecular weight excluding hydrogens is 330 g/mol. The topological polar surface area (TPSA) is 83.4 Å². The molecule has 0 unspecified atom stereocenters. The first-order valence-corrected chi connectivity index (χ1v) is 8.44. The summed E-state index contributed by atoms with van der Waals surface area (Å²) < 4.78 is 5.11. The van der Waals surface area contributed by atoms with Crippen molar-refractivity contribution in [3.8, 4) is 0 Å². The van der Waals surface area contributed by atoms with Crippen LogP contribution in [0.4, 0.5) is 4.79 Å². The molecule has 0 aliphatic rings. The lowest BCUT2D eigenvalue weighted by Gasteiger charge is -2.16. The van der Waals surface area contributed by atoms with Crippen LogP contribution >= 0.6 is 0 Å². The second-order valence-electron chi connectivity index (χ2n) is 5.98. The van der Waals surface area contributed by atoms with E-state index in [2.05, 4.69) is 34.1 Å². The SMILES string of the molecule is C[C@@H](NCC(=O)NC(=O)NCc1ccco1)c1cccc2ccccc12. The quantitative estimate of drug-likeness (QED) is 0.637. The lowest BCUT2D eigenvalue weighted by atomic mass is 10.00. The molecule has 0 radical (unpaired) electrons.